The highest BCUT2D eigenvalue weighted by Crippen LogP contribution is 2.35. The van der Waals surface area contributed by atoms with Gasteiger partial charge in [-0.3, -0.25) is 40.5 Å². The van der Waals surface area contributed by atoms with Gasteiger partial charge in [-0.05, 0) is 12.1 Å². The number of nitrogens with zero attached hydrogens (tertiary/aromatic N) is 4. The Morgan fingerprint density at radius 3 is 1.71 bits per heavy atom. The molecule has 0 amide bonds. The molecule has 0 aromatic heterocycles. The van der Waals surface area contributed by atoms with E-state index in [1.54, 1.807) is 0 Å². The van der Waals surface area contributed by atoms with E-state index < -0.39 is 95.5 Å². The zero-order chi connectivity index (χ0) is 28.9. The molecular weight excluding hydrogens is 528 g/mol. The fourth-order valence-corrected chi connectivity index (χ4v) is 3.04. The molecule has 0 fully saturated rings. The molecule has 200 valence electrons. The number of carboxylic acids is 2. The minimum atomic E-state index is -1.88. The number of ether oxygens (including phenoxy) is 1. The Hall–Kier alpha value is -5.63. The van der Waals surface area contributed by atoms with E-state index in [4.69, 9.17) is 0 Å². The molecule has 0 heterocycles. The maximum Gasteiger partial charge on any atom is 0.361 e. The number of nitro benzene ring substituents is 4. The van der Waals surface area contributed by atoms with Gasteiger partial charge < -0.3 is 14.9 Å². The van der Waals surface area contributed by atoms with Crippen LogP contribution < -0.4 is 0 Å². The van der Waals surface area contributed by atoms with Crippen molar-refractivity contribution >= 4 is 40.7 Å². The Bertz CT molecular complexity index is 1390. The number of nitro groups is 4. The predicted octanol–water partition coefficient (Wildman–Crippen LogP) is 2.37. The molecule has 0 aliphatic carbocycles. The van der Waals surface area contributed by atoms with Crippen LogP contribution in [0.1, 0.15) is 43.6 Å². The normalized spacial score (nSPS) is 11.3. The van der Waals surface area contributed by atoms with Gasteiger partial charge in [0.1, 0.15) is 6.61 Å². The lowest BCUT2D eigenvalue weighted by Gasteiger charge is -2.14. The van der Waals surface area contributed by atoms with Crippen molar-refractivity contribution in [2.45, 2.75) is 19.8 Å². The number of carbonyl (C=O) groups is 3. The molecule has 2 aromatic rings. The molecule has 1 atom stereocenters. The third kappa shape index (κ3) is 5.95. The van der Waals surface area contributed by atoms with Crippen LogP contribution in [0.25, 0.3) is 0 Å². The molecule has 0 aliphatic heterocycles. The van der Waals surface area contributed by atoms with Crippen molar-refractivity contribution in [1.29, 1.82) is 0 Å². The maximum absolute atomic E-state index is 12.5. The van der Waals surface area contributed by atoms with Crippen LogP contribution >= 0.6 is 0 Å². The van der Waals surface area contributed by atoms with Crippen LogP contribution in [0.15, 0.2) is 24.3 Å². The van der Waals surface area contributed by atoms with Gasteiger partial charge in [-0.1, -0.05) is 0 Å². The van der Waals surface area contributed by atoms with E-state index in [0.29, 0.717) is 24.3 Å². The monoisotopic (exact) mass is 540 g/mol. The molecule has 0 aliphatic rings. The minimum Gasteiger partial charge on any atom is -0.478 e. The molecule has 0 bridgehead atoms. The number of benzene rings is 2. The van der Waals surface area contributed by atoms with Gasteiger partial charge in [0.2, 0.25) is 6.29 Å². The van der Waals surface area contributed by atoms with Gasteiger partial charge in [0, 0.05) is 19.1 Å². The van der Waals surface area contributed by atoms with Gasteiger partial charge in [-0.25, -0.2) is 19.3 Å². The van der Waals surface area contributed by atoms with Gasteiger partial charge >= 0.3 is 40.7 Å². The third-order valence-electron chi connectivity index (χ3n) is 4.52. The highest BCUT2D eigenvalue weighted by atomic mass is 17.2. The Morgan fingerprint density at radius 2 is 1.26 bits per heavy atom. The molecule has 0 radical (unpaired) electrons. The summed E-state index contributed by atoms with van der Waals surface area (Å²) in [5.41, 5.74) is -8.94. The van der Waals surface area contributed by atoms with Crippen LogP contribution in [0.4, 0.5) is 22.7 Å². The molecule has 2 aromatic carbocycles. The van der Waals surface area contributed by atoms with Crippen molar-refractivity contribution in [3.8, 4) is 0 Å². The summed E-state index contributed by atoms with van der Waals surface area (Å²) in [5.74, 6) is -5.37. The van der Waals surface area contributed by atoms with Gasteiger partial charge in [-0.2, -0.15) is 4.89 Å². The van der Waals surface area contributed by atoms with Gasteiger partial charge in [0.15, 0.2) is 5.56 Å². The summed E-state index contributed by atoms with van der Waals surface area (Å²) in [6, 6.07) is 2.33. The Labute approximate surface area is 207 Å². The van der Waals surface area contributed by atoms with E-state index in [1.807, 2.05) is 0 Å². The second kappa shape index (κ2) is 11.4. The fourth-order valence-electron chi connectivity index (χ4n) is 3.04. The van der Waals surface area contributed by atoms with E-state index in [1.165, 1.54) is 0 Å². The fraction of sp³-hybridized carbons (Fsp3) is 0.167. The molecule has 0 saturated carbocycles. The Kier molecular flexibility index (Phi) is 8.58. The number of rotatable bonds is 12. The molecule has 0 saturated heterocycles. The summed E-state index contributed by atoms with van der Waals surface area (Å²) >= 11 is 0. The summed E-state index contributed by atoms with van der Waals surface area (Å²) < 4.78 is 4.67. The van der Waals surface area contributed by atoms with E-state index in [-0.39, 0.29) is 0 Å². The Morgan fingerprint density at radius 1 is 0.789 bits per heavy atom. The highest BCUT2D eigenvalue weighted by Gasteiger charge is 2.38. The standard InChI is InChI=1S/C18H12N4O16/c1-7(37-18(27)13-9(17(25)26)3-5-12(20(30)31)15(13)22(34)35)38-36-6-10-8(16(23)24)2-4-11(19(28)29)14(10)21(32)33/h2-5,7H,6H2,1H3,(H,23,24)(H,25,26). The van der Waals surface area contributed by atoms with E-state index in [0.717, 1.165) is 6.92 Å². The van der Waals surface area contributed by atoms with Crippen LogP contribution in [0.2, 0.25) is 0 Å². The van der Waals surface area contributed by atoms with Gasteiger partial charge in [0.05, 0.1) is 36.4 Å². The first-order valence-electron chi connectivity index (χ1n) is 9.55. The van der Waals surface area contributed by atoms with Gasteiger partial charge in [-0.15, -0.1) is 0 Å². The highest BCUT2D eigenvalue weighted by molar-refractivity contribution is 6.06. The Balaban J connectivity index is 2.34. The van der Waals surface area contributed by atoms with Crippen LogP contribution in [-0.4, -0.2) is 54.1 Å². The molecule has 1 unspecified atom stereocenters. The van der Waals surface area contributed by atoms with E-state index in [9.17, 15) is 65.1 Å². The van der Waals surface area contributed by atoms with Crippen LogP contribution in [0, 0.1) is 40.5 Å². The van der Waals surface area contributed by atoms with E-state index in [2.05, 4.69) is 14.5 Å². The first-order valence-corrected chi connectivity index (χ1v) is 9.55. The topological polar surface area (TPSA) is 292 Å². The number of hydrogen-bond acceptors (Lipinski definition) is 14. The van der Waals surface area contributed by atoms with E-state index >= 15 is 0 Å². The SMILES string of the molecule is CC(OOCc1c(C(=O)O)ccc([N+](=O)[O-])c1[N+](=O)[O-])OC(=O)c1c(C(=O)O)ccc([N+](=O)[O-])c1[N+](=O)[O-]. The van der Waals surface area contributed by atoms with Crippen molar-refractivity contribution in [3.63, 3.8) is 0 Å². The molecule has 2 rings (SSSR count). The molecule has 0 spiro atoms. The van der Waals surface area contributed by atoms with Crippen molar-refractivity contribution in [1.82, 2.24) is 0 Å². The molecule has 20 heteroatoms. The van der Waals surface area contributed by atoms with Crippen LogP contribution in [0.3, 0.4) is 0 Å². The largest absolute Gasteiger partial charge is 0.478 e. The zero-order valence-electron chi connectivity index (χ0n) is 18.5. The summed E-state index contributed by atoms with van der Waals surface area (Å²) in [4.78, 5) is 84.6. The molecule has 20 nitrogen and oxygen atoms in total. The number of aromatic carboxylic acids is 2. The predicted molar refractivity (Wildman–Crippen MR) is 114 cm³/mol. The smallest absolute Gasteiger partial charge is 0.361 e. The summed E-state index contributed by atoms with van der Waals surface area (Å²) in [6.45, 7) is -0.208. The first kappa shape index (κ1) is 28.6. The molecule has 2 N–H and O–H groups in total. The van der Waals surface area contributed by atoms with Gasteiger partial charge in [0.25, 0.3) is 0 Å². The van der Waals surface area contributed by atoms with Crippen molar-refractivity contribution in [2.75, 3.05) is 0 Å². The number of esters is 1. The molecular formula is C18H12N4O16. The van der Waals surface area contributed by atoms with Crippen molar-refractivity contribution in [3.05, 3.63) is 87.0 Å². The average Bonchev–Trinajstić information content (AvgIpc) is 2.81. The summed E-state index contributed by atoms with van der Waals surface area (Å²) in [5, 5.41) is 63.5. The van der Waals surface area contributed by atoms with Crippen LogP contribution in [-0.2, 0) is 21.1 Å². The minimum absolute atomic E-state index is 0.493. The van der Waals surface area contributed by atoms with Crippen molar-refractivity contribution in [2.24, 2.45) is 0 Å². The second-order valence-electron chi connectivity index (χ2n) is 6.79. The first-order chi connectivity index (χ1) is 17.7. The number of hydrogen-bond donors (Lipinski definition) is 2. The average molecular weight is 540 g/mol. The van der Waals surface area contributed by atoms with Crippen LogP contribution in [0.5, 0.6) is 0 Å². The maximum atomic E-state index is 12.5. The third-order valence-corrected chi connectivity index (χ3v) is 4.52. The lowest BCUT2D eigenvalue weighted by atomic mass is 10.0. The second-order valence-corrected chi connectivity index (χ2v) is 6.79. The lowest BCUT2D eigenvalue weighted by Crippen LogP contribution is -2.22. The zero-order valence-corrected chi connectivity index (χ0v) is 18.5. The number of carboxylic acid groups (broad SMARTS) is 2. The molecule has 38 heavy (non-hydrogen) atoms. The summed E-state index contributed by atoms with van der Waals surface area (Å²) in [7, 11) is 0. The quantitative estimate of drug-likeness (QED) is 0.128. The number of carbonyl (C=O) groups excluding carboxylic acids is 1. The summed E-state index contributed by atoms with van der Waals surface area (Å²) in [6.07, 6.45) is -1.88. The van der Waals surface area contributed by atoms with Crippen molar-refractivity contribution < 1.29 is 58.8 Å². The lowest BCUT2D eigenvalue weighted by molar-refractivity contribution is -0.424.